The number of thioether (sulfide) groups is 1. The van der Waals surface area contributed by atoms with E-state index in [9.17, 15) is 18.3 Å². The van der Waals surface area contributed by atoms with Gasteiger partial charge in [-0.15, -0.1) is 11.8 Å². The Kier molecular flexibility index (Phi) is 5.81. The smallest absolute Gasteiger partial charge is 0.323 e. The van der Waals surface area contributed by atoms with Gasteiger partial charge in [-0.3, -0.25) is 9.78 Å². The molecule has 0 saturated carbocycles. The number of fused-ring (bicyclic) bond motifs is 1. The first-order chi connectivity index (χ1) is 14.4. The van der Waals surface area contributed by atoms with Crippen LogP contribution in [0.1, 0.15) is 24.8 Å². The van der Waals surface area contributed by atoms with Crippen molar-refractivity contribution >= 4 is 38.7 Å². The molecule has 0 aliphatic carbocycles. The normalized spacial score (nSPS) is 17.6. The number of sulfonamides is 1. The highest BCUT2D eigenvalue weighted by atomic mass is 32.2. The Morgan fingerprint density at radius 3 is 2.83 bits per heavy atom. The third-order valence-corrected chi connectivity index (χ3v) is 7.93. The number of carboxylic acids is 1. The molecule has 0 bridgehead atoms. The minimum Gasteiger partial charge on any atom is -0.480 e. The van der Waals surface area contributed by atoms with Gasteiger partial charge >= 0.3 is 5.97 Å². The Morgan fingerprint density at radius 1 is 1.30 bits per heavy atom. The van der Waals surface area contributed by atoms with E-state index in [1.807, 2.05) is 19.2 Å². The summed E-state index contributed by atoms with van der Waals surface area (Å²) in [5.41, 5.74) is 1.70. The van der Waals surface area contributed by atoms with E-state index in [0.717, 1.165) is 27.2 Å². The summed E-state index contributed by atoms with van der Waals surface area (Å²) in [6.45, 7) is 2.62. The monoisotopic (exact) mass is 446 g/mol. The highest BCUT2D eigenvalue weighted by Gasteiger charge is 2.34. The van der Waals surface area contributed by atoms with Crippen LogP contribution in [-0.4, -0.2) is 57.2 Å². The lowest BCUT2D eigenvalue weighted by Gasteiger charge is -2.16. The van der Waals surface area contributed by atoms with Gasteiger partial charge in [0.2, 0.25) is 10.0 Å². The van der Waals surface area contributed by atoms with Crippen LogP contribution in [0.25, 0.3) is 10.9 Å². The molecule has 10 heteroatoms. The van der Waals surface area contributed by atoms with Crippen LogP contribution in [0.3, 0.4) is 0 Å². The summed E-state index contributed by atoms with van der Waals surface area (Å²) in [7, 11) is -3.63. The molecule has 3 aromatic heterocycles. The Labute approximate surface area is 179 Å². The van der Waals surface area contributed by atoms with Crippen LogP contribution >= 0.6 is 11.8 Å². The van der Waals surface area contributed by atoms with Gasteiger partial charge in [-0.2, -0.15) is 4.31 Å². The van der Waals surface area contributed by atoms with Gasteiger partial charge in [0.05, 0.1) is 16.7 Å². The van der Waals surface area contributed by atoms with Crippen LogP contribution in [0.4, 0.5) is 0 Å². The third kappa shape index (κ3) is 3.94. The Bertz CT molecular complexity index is 1180. The van der Waals surface area contributed by atoms with Crippen molar-refractivity contribution in [3.8, 4) is 0 Å². The predicted octanol–water partition coefficient (Wildman–Crippen LogP) is 2.81. The maximum atomic E-state index is 13.1. The average molecular weight is 447 g/mol. The van der Waals surface area contributed by atoms with Crippen LogP contribution < -0.4 is 0 Å². The van der Waals surface area contributed by atoms with E-state index >= 15 is 0 Å². The molecular formula is C20H22N4O4S2. The zero-order valence-electron chi connectivity index (χ0n) is 16.4. The summed E-state index contributed by atoms with van der Waals surface area (Å²) in [5.74, 6) is -0.0736. The lowest BCUT2D eigenvalue weighted by atomic mass is 9.98. The Hall–Kier alpha value is -2.43. The van der Waals surface area contributed by atoms with Crippen molar-refractivity contribution in [1.29, 1.82) is 0 Å². The molecule has 1 atom stereocenters. The molecule has 8 nitrogen and oxygen atoms in total. The maximum absolute atomic E-state index is 13.1. The third-order valence-electron chi connectivity index (χ3n) is 5.25. The highest BCUT2D eigenvalue weighted by Crippen LogP contribution is 2.35. The summed E-state index contributed by atoms with van der Waals surface area (Å²) in [6.07, 6.45) is 7.23. The quantitative estimate of drug-likeness (QED) is 0.556. The fraction of sp³-hybridized carbons (Fsp3) is 0.350. The van der Waals surface area contributed by atoms with Gasteiger partial charge in [-0.05, 0) is 35.9 Å². The summed E-state index contributed by atoms with van der Waals surface area (Å²) in [4.78, 5) is 19.8. The average Bonchev–Trinajstić information content (AvgIpc) is 3.34. The second kappa shape index (κ2) is 8.37. The van der Waals surface area contributed by atoms with Crippen molar-refractivity contribution in [2.24, 2.45) is 0 Å². The van der Waals surface area contributed by atoms with E-state index in [1.165, 1.54) is 10.5 Å². The van der Waals surface area contributed by atoms with Crippen molar-refractivity contribution in [2.75, 3.05) is 18.8 Å². The number of pyridine rings is 2. The minimum absolute atomic E-state index is 0.0115. The van der Waals surface area contributed by atoms with Crippen molar-refractivity contribution in [2.45, 2.75) is 35.7 Å². The van der Waals surface area contributed by atoms with Crippen molar-refractivity contribution in [1.82, 2.24) is 18.8 Å². The molecule has 0 spiro atoms. The molecule has 1 aliphatic heterocycles. The number of carboxylic acid groups (broad SMARTS) is 1. The van der Waals surface area contributed by atoms with E-state index in [2.05, 4.69) is 9.97 Å². The molecule has 30 heavy (non-hydrogen) atoms. The number of hydrogen-bond acceptors (Lipinski definition) is 6. The molecule has 1 aliphatic rings. The number of carbonyl (C=O) groups is 1. The first kappa shape index (κ1) is 20.8. The predicted molar refractivity (Wildman–Crippen MR) is 114 cm³/mol. The molecule has 0 radical (unpaired) electrons. The Balaban J connectivity index is 1.59. The fourth-order valence-corrected chi connectivity index (χ4v) is 5.90. The topological polar surface area (TPSA) is 105 Å². The summed E-state index contributed by atoms with van der Waals surface area (Å²) in [5, 5.41) is 10.9. The SMILES string of the molecule is CCSc1ccc(S(=O)(=O)N2CCC(c3cn(CC(=O)O)c4cnccc34)C2)cn1. The highest BCUT2D eigenvalue weighted by molar-refractivity contribution is 7.99. The van der Waals surface area contributed by atoms with E-state index in [1.54, 1.807) is 40.9 Å². The molecule has 158 valence electrons. The lowest BCUT2D eigenvalue weighted by molar-refractivity contribution is -0.137. The van der Waals surface area contributed by atoms with Crippen LogP contribution in [0.15, 0.2) is 52.9 Å². The van der Waals surface area contributed by atoms with Crippen LogP contribution in [0, 0.1) is 0 Å². The van der Waals surface area contributed by atoms with Crippen LogP contribution in [0.2, 0.25) is 0 Å². The van der Waals surface area contributed by atoms with Crippen LogP contribution in [-0.2, 0) is 21.4 Å². The maximum Gasteiger partial charge on any atom is 0.323 e. The second-order valence-corrected chi connectivity index (χ2v) is 10.3. The van der Waals surface area contributed by atoms with E-state index in [4.69, 9.17) is 0 Å². The van der Waals surface area contributed by atoms with Gasteiger partial charge in [0.25, 0.3) is 0 Å². The standard InChI is InChI=1S/C20H22N4O4S2/c1-2-29-19-4-3-15(9-22-19)30(27,28)24-8-6-14(11-24)17-12-23(13-20(25)26)18-10-21-7-5-16(17)18/h3-5,7,9-10,12,14H,2,6,8,11,13H2,1H3,(H,25,26). The molecule has 3 aromatic rings. The molecule has 0 amide bonds. The number of rotatable bonds is 7. The van der Waals surface area contributed by atoms with Gasteiger partial charge in [-0.1, -0.05) is 6.92 Å². The molecule has 4 heterocycles. The van der Waals surface area contributed by atoms with Gasteiger partial charge in [-0.25, -0.2) is 13.4 Å². The number of aromatic nitrogens is 3. The van der Waals surface area contributed by atoms with Crippen molar-refractivity contribution in [3.63, 3.8) is 0 Å². The zero-order chi connectivity index (χ0) is 21.3. The molecule has 1 saturated heterocycles. The van der Waals surface area contributed by atoms with Gasteiger partial charge < -0.3 is 9.67 Å². The van der Waals surface area contributed by atoms with Crippen LogP contribution in [0.5, 0.6) is 0 Å². The van der Waals surface area contributed by atoms with Gasteiger partial charge in [0, 0.05) is 43.0 Å². The molecule has 1 unspecified atom stereocenters. The molecular weight excluding hydrogens is 424 g/mol. The lowest BCUT2D eigenvalue weighted by Crippen LogP contribution is -2.28. The van der Waals surface area contributed by atoms with Crippen molar-refractivity contribution < 1.29 is 18.3 Å². The van der Waals surface area contributed by atoms with E-state index in [0.29, 0.717) is 19.5 Å². The first-order valence-electron chi connectivity index (χ1n) is 9.63. The zero-order valence-corrected chi connectivity index (χ0v) is 18.1. The first-order valence-corrected chi connectivity index (χ1v) is 12.1. The number of aliphatic carboxylic acids is 1. The molecule has 0 aromatic carbocycles. The minimum atomic E-state index is -3.63. The summed E-state index contributed by atoms with van der Waals surface area (Å²) < 4.78 is 29.3. The second-order valence-electron chi connectivity index (χ2n) is 7.11. The number of hydrogen-bond donors (Lipinski definition) is 1. The van der Waals surface area contributed by atoms with E-state index < -0.39 is 16.0 Å². The van der Waals surface area contributed by atoms with Gasteiger partial charge in [0.15, 0.2) is 0 Å². The summed E-state index contributed by atoms with van der Waals surface area (Å²) >= 11 is 1.56. The molecule has 1 fully saturated rings. The van der Waals surface area contributed by atoms with Gasteiger partial charge in [0.1, 0.15) is 11.4 Å². The largest absolute Gasteiger partial charge is 0.480 e. The van der Waals surface area contributed by atoms with E-state index in [-0.39, 0.29) is 17.4 Å². The number of nitrogens with zero attached hydrogens (tertiary/aromatic N) is 4. The molecule has 1 N–H and O–H groups in total. The molecule has 4 rings (SSSR count). The van der Waals surface area contributed by atoms with Crippen molar-refractivity contribution in [3.05, 3.63) is 48.5 Å². The Morgan fingerprint density at radius 2 is 2.13 bits per heavy atom. The fourth-order valence-electron chi connectivity index (χ4n) is 3.87. The summed E-state index contributed by atoms with van der Waals surface area (Å²) in [6, 6.07) is 5.20.